The normalized spacial score (nSPS) is 10.6. The maximum absolute atomic E-state index is 10.8. The summed E-state index contributed by atoms with van der Waals surface area (Å²) < 4.78 is 26.9. The molecule has 0 bridgehead atoms. The smallest absolute Gasteiger partial charge is 0.330 e. The van der Waals surface area contributed by atoms with Crippen LogP contribution in [0.5, 0.6) is 11.5 Å². The van der Waals surface area contributed by atoms with Crippen LogP contribution in [0.4, 0.5) is 0 Å². The molecule has 146 valence electrons. The van der Waals surface area contributed by atoms with Crippen LogP contribution < -0.4 is 9.47 Å². The van der Waals surface area contributed by atoms with Crippen molar-refractivity contribution in [2.45, 2.75) is 6.92 Å². The molecule has 0 aromatic heterocycles. The van der Waals surface area contributed by atoms with Crippen LogP contribution in [0, 0.1) is 0 Å². The minimum atomic E-state index is -0.449. The molecule has 0 N–H and O–H groups in total. The van der Waals surface area contributed by atoms with E-state index in [4.69, 9.17) is 23.7 Å². The van der Waals surface area contributed by atoms with Gasteiger partial charge in [-0.05, 0) is 36.6 Å². The van der Waals surface area contributed by atoms with Gasteiger partial charge in [-0.15, -0.1) is 0 Å². The molecule has 0 aliphatic heterocycles. The summed E-state index contributed by atoms with van der Waals surface area (Å²) in [6.45, 7) is 8.27. The Bertz CT molecular complexity index is 728. The third kappa shape index (κ3) is 7.29. The van der Waals surface area contributed by atoms with E-state index in [2.05, 4.69) is 6.58 Å². The summed E-state index contributed by atoms with van der Waals surface area (Å²) in [5.74, 6) is 1.22. The van der Waals surface area contributed by atoms with Crippen LogP contribution in [-0.4, -0.2) is 52.2 Å². The Morgan fingerprint density at radius 1 is 0.963 bits per heavy atom. The van der Waals surface area contributed by atoms with Crippen molar-refractivity contribution in [3.05, 3.63) is 49.1 Å². The highest BCUT2D eigenvalue weighted by Crippen LogP contribution is 2.28. The Kier molecular flexibility index (Phi) is 9.17. The Morgan fingerprint density at radius 2 is 1.70 bits per heavy atom. The summed E-state index contributed by atoms with van der Waals surface area (Å²) in [7, 11) is 0. The molecule has 0 heterocycles. The Labute approximate surface area is 159 Å². The SMILES string of the molecule is C=CC(=O)OCCOCCOCCOc1ccc2c(OCC)cccc2c1. The molecular weight excluding hydrogens is 348 g/mol. The maximum atomic E-state index is 10.8. The maximum Gasteiger partial charge on any atom is 0.330 e. The average molecular weight is 374 g/mol. The highest BCUT2D eigenvalue weighted by molar-refractivity contribution is 5.89. The van der Waals surface area contributed by atoms with E-state index >= 15 is 0 Å². The molecule has 0 aliphatic carbocycles. The van der Waals surface area contributed by atoms with Gasteiger partial charge in [0.25, 0.3) is 0 Å². The number of ether oxygens (including phenoxy) is 5. The quantitative estimate of drug-likeness (QED) is 0.304. The molecule has 0 atom stereocenters. The lowest BCUT2D eigenvalue weighted by Crippen LogP contribution is -2.13. The molecule has 0 spiro atoms. The topological polar surface area (TPSA) is 63.2 Å². The first-order valence-corrected chi connectivity index (χ1v) is 8.97. The molecule has 2 aromatic carbocycles. The monoisotopic (exact) mass is 374 g/mol. The molecular formula is C21H26O6. The Balaban J connectivity index is 1.60. The lowest BCUT2D eigenvalue weighted by atomic mass is 10.1. The standard InChI is InChI=1S/C21H26O6/c1-3-21(22)27-15-13-24-11-10-23-12-14-26-18-8-9-19-17(16-18)6-5-7-20(19)25-4-2/h3,5-9,16H,1,4,10-15H2,2H3. The van der Waals surface area contributed by atoms with Crippen molar-refractivity contribution in [3.8, 4) is 11.5 Å². The van der Waals surface area contributed by atoms with Gasteiger partial charge in [-0.1, -0.05) is 18.7 Å². The third-order valence-electron chi connectivity index (χ3n) is 3.62. The molecule has 6 heteroatoms. The number of carbonyl (C=O) groups excluding carboxylic acids is 1. The summed E-state index contributed by atoms with van der Waals surface area (Å²) in [6, 6.07) is 11.9. The van der Waals surface area contributed by atoms with E-state index < -0.39 is 5.97 Å². The van der Waals surface area contributed by atoms with E-state index in [0.29, 0.717) is 39.6 Å². The number of benzene rings is 2. The number of carbonyl (C=O) groups is 1. The molecule has 0 fully saturated rings. The minimum Gasteiger partial charge on any atom is -0.493 e. The molecule has 0 saturated heterocycles. The fourth-order valence-corrected chi connectivity index (χ4v) is 2.40. The van der Waals surface area contributed by atoms with E-state index in [9.17, 15) is 4.79 Å². The third-order valence-corrected chi connectivity index (χ3v) is 3.62. The van der Waals surface area contributed by atoms with Gasteiger partial charge in [0, 0.05) is 11.5 Å². The molecule has 6 nitrogen and oxygen atoms in total. The largest absolute Gasteiger partial charge is 0.493 e. The first-order valence-electron chi connectivity index (χ1n) is 8.97. The average Bonchev–Trinajstić information content (AvgIpc) is 2.69. The van der Waals surface area contributed by atoms with Gasteiger partial charge in [0.1, 0.15) is 24.7 Å². The highest BCUT2D eigenvalue weighted by Gasteiger charge is 2.03. The fraction of sp³-hybridized carbons (Fsp3) is 0.381. The minimum absolute atomic E-state index is 0.209. The van der Waals surface area contributed by atoms with Crippen LogP contribution >= 0.6 is 0 Å². The van der Waals surface area contributed by atoms with Crippen LogP contribution in [-0.2, 0) is 19.0 Å². The van der Waals surface area contributed by atoms with Gasteiger partial charge in [0.05, 0.1) is 33.0 Å². The predicted octanol–water partition coefficient (Wildman–Crippen LogP) is 3.38. The zero-order valence-electron chi connectivity index (χ0n) is 15.6. The van der Waals surface area contributed by atoms with Crippen molar-refractivity contribution >= 4 is 16.7 Å². The lowest BCUT2D eigenvalue weighted by Gasteiger charge is -2.10. The first kappa shape index (κ1) is 20.7. The number of rotatable bonds is 13. The summed E-state index contributed by atoms with van der Waals surface area (Å²) in [5, 5.41) is 2.14. The van der Waals surface area contributed by atoms with Crippen molar-refractivity contribution < 1.29 is 28.5 Å². The van der Waals surface area contributed by atoms with E-state index in [1.165, 1.54) is 0 Å². The number of esters is 1. The van der Waals surface area contributed by atoms with Gasteiger partial charge in [-0.2, -0.15) is 0 Å². The van der Waals surface area contributed by atoms with Gasteiger partial charge in [-0.25, -0.2) is 4.79 Å². The predicted molar refractivity (Wildman–Crippen MR) is 103 cm³/mol. The van der Waals surface area contributed by atoms with Crippen molar-refractivity contribution in [2.24, 2.45) is 0 Å². The number of hydrogen-bond acceptors (Lipinski definition) is 6. The van der Waals surface area contributed by atoms with Crippen LogP contribution in [0.25, 0.3) is 10.8 Å². The van der Waals surface area contributed by atoms with Crippen LogP contribution in [0.3, 0.4) is 0 Å². The van der Waals surface area contributed by atoms with Gasteiger partial charge < -0.3 is 23.7 Å². The van der Waals surface area contributed by atoms with E-state index in [-0.39, 0.29) is 6.61 Å². The first-order chi connectivity index (χ1) is 13.2. The van der Waals surface area contributed by atoms with Crippen LogP contribution in [0.1, 0.15) is 6.92 Å². The second kappa shape index (κ2) is 11.9. The van der Waals surface area contributed by atoms with Gasteiger partial charge >= 0.3 is 5.97 Å². The summed E-state index contributed by atoms with van der Waals surface area (Å²) >= 11 is 0. The van der Waals surface area contributed by atoms with Crippen LogP contribution in [0.15, 0.2) is 49.1 Å². The van der Waals surface area contributed by atoms with Crippen molar-refractivity contribution in [2.75, 3.05) is 46.2 Å². The molecule has 0 radical (unpaired) electrons. The van der Waals surface area contributed by atoms with Crippen LogP contribution in [0.2, 0.25) is 0 Å². The van der Waals surface area contributed by atoms with Crippen molar-refractivity contribution in [1.82, 2.24) is 0 Å². The molecule has 0 aliphatic rings. The van der Waals surface area contributed by atoms with Crippen molar-refractivity contribution in [3.63, 3.8) is 0 Å². The Morgan fingerprint density at radius 3 is 2.44 bits per heavy atom. The van der Waals surface area contributed by atoms with E-state index in [0.717, 1.165) is 28.3 Å². The Hall–Kier alpha value is -2.57. The van der Waals surface area contributed by atoms with Gasteiger partial charge in [0.2, 0.25) is 0 Å². The van der Waals surface area contributed by atoms with Gasteiger partial charge in [0.15, 0.2) is 0 Å². The summed E-state index contributed by atoms with van der Waals surface area (Å²) in [5.41, 5.74) is 0. The molecule has 0 amide bonds. The number of hydrogen-bond donors (Lipinski definition) is 0. The highest BCUT2D eigenvalue weighted by atomic mass is 16.6. The molecule has 27 heavy (non-hydrogen) atoms. The zero-order valence-corrected chi connectivity index (χ0v) is 15.6. The summed E-state index contributed by atoms with van der Waals surface area (Å²) in [6.07, 6.45) is 1.12. The zero-order chi connectivity index (χ0) is 19.3. The molecule has 0 unspecified atom stereocenters. The van der Waals surface area contributed by atoms with Gasteiger partial charge in [-0.3, -0.25) is 0 Å². The summed E-state index contributed by atoms with van der Waals surface area (Å²) in [4.78, 5) is 10.8. The lowest BCUT2D eigenvalue weighted by molar-refractivity contribution is -0.139. The molecule has 2 aromatic rings. The molecule has 0 saturated carbocycles. The van der Waals surface area contributed by atoms with E-state index in [1.54, 1.807) is 0 Å². The number of fused-ring (bicyclic) bond motifs is 1. The van der Waals surface area contributed by atoms with Crippen molar-refractivity contribution in [1.29, 1.82) is 0 Å². The molecule has 2 rings (SSSR count). The fourth-order valence-electron chi connectivity index (χ4n) is 2.40. The van der Waals surface area contributed by atoms with E-state index in [1.807, 2.05) is 43.3 Å². The second-order valence-electron chi connectivity index (χ2n) is 5.52. The second-order valence-corrected chi connectivity index (χ2v) is 5.52.